The van der Waals surface area contributed by atoms with Crippen molar-refractivity contribution in [3.63, 3.8) is 0 Å². The maximum absolute atomic E-state index is 13.1. The number of fused-ring (bicyclic) bond motifs is 4. The molecule has 1 unspecified atom stereocenters. The minimum Gasteiger partial charge on any atom is -0.308 e. The van der Waals surface area contributed by atoms with Gasteiger partial charge < -0.3 is 4.90 Å². The predicted molar refractivity (Wildman–Crippen MR) is 87.0 cm³/mol. The number of hydrogen-bond acceptors (Lipinski definition) is 3. The summed E-state index contributed by atoms with van der Waals surface area (Å²) in [6.07, 6.45) is 0.894. The Kier molecular flexibility index (Phi) is 2.55. The average Bonchev–Trinajstić information content (AvgIpc) is 3.44. The fraction of sp³-hybridized carbons (Fsp3) is 0.211. The van der Waals surface area contributed by atoms with Crippen LogP contribution in [0, 0.1) is 0 Å². The number of Topliss-reactive ketones (excluding diaryl/α,β-unsaturated/α-hetero) is 1. The van der Waals surface area contributed by atoms with E-state index in [1.54, 1.807) is 53.4 Å². The van der Waals surface area contributed by atoms with E-state index in [0.717, 1.165) is 12.8 Å². The molecule has 2 aromatic carbocycles. The Balaban J connectivity index is 1.78. The van der Waals surface area contributed by atoms with E-state index in [4.69, 9.17) is 0 Å². The smallest absolute Gasteiger partial charge is 0.261 e. The molecule has 5 heteroatoms. The first kappa shape index (κ1) is 13.5. The fourth-order valence-electron chi connectivity index (χ4n) is 3.71. The van der Waals surface area contributed by atoms with Gasteiger partial charge in [0.2, 0.25) is 5.78 Å². The van der Waals surface area contributed by atoms with Crippen LogP contribution in [0.2, 0.25) is 0 Å². The van der Waals surface area contributed by atoms with Gasteiger partial charge in [-0.1, -0.05) is 30.3 Å². The van der Waals surface area contributed by atoms with Crippen molar-refractivity contribution in [1.82, 2.24) is 4.90 Å². The molecule has 2 heterocycles. The van der Waals surface area contributed by atoms with Crippen LogP contribution in [0.3, 0.4) is 0 Å². The van der Waals surface area contributed by atoms with E-state index >= 15 is 0 Å². The fourth-order valence-corrected chi connectivity index (χ4v) is 3.71. The third-order valence-corrected chi connectivity index (χ3v) is 4.95. The highest BCUT2D eigenvalue weighted by Gasteiger charge is 2.52. The van der Waals surface area contributed by atoms with Gasteiger partial charge in [0.1, 0.15) is 0 Å². The first-order chi connectivity index (χ1) is 11.7. The van der Waals surface area contributed by atoms with Gasteiger partial charge in [-0.15, -0.1) is 0 Å². The van der Waals surface area contributed by atoms with Crippen LogP contribution in [-0.2, 0) is 0 Å². The lowest BCUT2D eigenvalue weighted by Crippen LogP contribution is -2.63. The Labute approximate surface area is 138 Å². The maximum atomic E-state index is 13.1. The summed E-state index contributed by atoms with van der Waals surface area (Å²) in [5, 5.41) is 0. The number of para-hydroxylation sites is 1. The second-order valence-electron chi connectivity index (χ2n) is 6.42. The Morgan fingerprint density at radius 1 is 0.750 bits per heavy atom. The van der Waals surface area contributed by atoms with E-state index in [9.17, 15) is 14.4 Å². The van der Waals surface area contributed by atoms with Crippen LogP contribution >= 0.6 is 0 Å². The first-order valence-electron chi connectivity index (χ1n) is 8.07. The van der Waals surface area contributed by atoms with E-state index in [1.165, 1.54) is 4.90 Å². The van der Waals surface area contributed by atoms with Crippen molar-refractivity contribution in [1.29, 1.82) is 0 Å². The van der Waals surface area contributed by atoms with Crippen molar-refractivity contribution in [2.75, 3.05) is 4.90 Å². The summed E-state index contributed by atoms with van der Waals surface area (Å²) in [6.45, 7) is 0. The molecule has 1 aliphatic carbocycles. The molecule has 2 aliphatic heterocycles. The van der Waals surface area contributed by atoms with E-state index in [-0.39, 0.29) is 23.6 Å². The van der Waals surface area contributed by atoms with Gasteiger partial charge in [0.25, 0.3) is 11.8 Å². The number of nitrogens with zero attached hydrogens (tertiary/aromatic N) is 2. The van der Waals surface area contributed by atoms with Gasteiger partial charge in [-0.3, -0.25) is 19.3 Å². The van der Waals surface area contributed by atoms with E-state index < -0.39 is 6.17 Å². The molecule has 5 rings (SSSR count). The molecule has 1 saturated carbocycles. The average molecular weight is 318 g/mol. The number of benzene rings is 2. The summed E-state index contributed by atoms with van der Waals surface area (Å²) >= 11 is 0. The van der Waals surface area contributed by atoms with Crippen molar-refractivity contribution in [2.24, 2.45) is 0 Å². The summed E-state index contributed by atoms with van der Waals surface area (Å²) in [5.41, 5.74) is 1.82. The molecule has 0 bridgehead atoms. The standard InChI is InChI=1S/C19H14N2O3/c22-16-12-5-1-2-6-13(12)18(23)21-15-8-4-3-7-14(15)19(24)20(17(16)21)11-9-10-11/h1-8,11,17H,9-10H2. The summed E-state index contributed by atoms with van der Waals surface area (Å²) in [6, 6.07) is 13.9. The van der Waals surface area contributed by atoms with Crippen molar-refractivity contribution < 1.29 is 14.4 Å². The molecule has 2 amide bonds. The molecule has 0 aromatic heterocycles. The molecule has 1 fully saturated rings. The zero-order chi connectivity index (χ0) is 16.4. The van der Waals surface area contributed by atoms with Crippen molar-refractivity contribution in [3.05, 3.63) is 65.2 Å². The third-order valence-electron chi connectivity index (χ3n) is 4.95. The number of hydrogen-bond donors (Lipinski definition) is 0. The molecule has 0 saturated heterocycles. The summed E-state index contributed by atoms with van der Waals surface area (Å²) < 4.78 is 0. The zero-order valence-electron chi connectivity index (χ0n) is 12.8. The Bertz CT molecular complexity index is 916. The van der Waals surface area contributed by atoms with E-state index in [1.807, 2.05) is 0 Å². The number of carbonyl (C=O) groups excluding carboxylic acids is 3. The molecule has 3 aliphatic rings. The van der Waals surface area contributed by atoms with Gasteiger partial charge >= 0.3 is 0 Å². The monoisotopic (exact) mass is 318 g/mol. The van der Waals surface area contributed by atoms with Crippen LogP contribution < -0.4 is 4.90 Å². The highest BCUT2D eigenvalue weighted by Crippen LogP contribution is 2.41. The van der Waals surface area contributed by atoms with Crippen molar-refractivity contribution in [3.8, 4) is 0 Å². The van der Waals surface area contributed by atoms with Gasteiger partial charge in [-0.05, 0) is 31.0 Å². The molecule has 5 nitrogen and oxygen atoms in total. The minimum absolute atomic E-state index is 0.0420. The van der Waals surface area contributed by atoms with Gasteiger partial charge in [-0.2, -0.15) is 0 Å². The molecule has 0 spiro atoms. The molecule has 0 radical (unpaired) electrons. The number of ketones is 1. The van der Waals surface area contributed by atoms with Gasteiger partial charge in [0.05, 0.1) is 16.8 Å². The summed E-state index contributed by atoms with van der Waals surface area (Å²) in [5.74, 6) is -0.560. The van der Waals surface area contributed by atoms with E-state index in [2.05, 4.69) is 0 Å². The summed E-state index contributed by atoms with van der Waals surface area (Å²) in [7, 11) is 0. The van der Waals surface area contributed by atoms with Crippen LogP contribution in [0.25, 0.3) is 0 Å². The highest BCUT2D eigenvalue weighted by atomic mass is 16.2. The molecule has 118 valence electrons. The van der Waals surface area contributed by atoms with Crippen LogP contribution in [0.1, 0.15) is 43.9 Å². The molecular weight excluding hydrogens is 304 g/mol. The number of anilines is 1. The molecule has 24 heavy (non-hydrogen) atoms. The quantitative estimate of drug-likeness (QED) is 0.811. The number of carbonyl (C=O) groups is 3. The minimum atomic E-state index is -0.859. The second kappa shape index (κ2) is 4.54. The second-order valence-corrected chi connectivity index (χ2v) is 6.42. The SMILES string of the molecule is O=C1c2ccccc2C(=O)N2c3ccccc3C(=O)N(C3CC3)C12. The normalized spacial score (nSPS) is 22.2. The largest absolute Gasteiger partial charge is 0.308 e. The lowest BCUT2D eigenvalue weighted by atomic mass is 9.91. The van der Waals surface area contributed by atoms with Crippen LogP contribution in [-0.4, -0.2) is 34.7 Å². The van der Waals surface area contributed by atoms with Crippen LogP contribution in [0.5, 0.6) is 0 Å². The number of amides is 2. The van der Waals surface area contributed by atoms with Crippen LogP contribution in [0.15, 0.2) is 48.5 Å². The highest BCUT2D eigenvalue weighted by molar-refractivity contribution is 6.26. The topological polar surface area (TPSA) is 57.7 Å². The van der Waals surface area contributed by atoms with E-state index in [0.29, 0.717) is 22.4 Å². The van der Waals surface area contributed by atoms with Gasteiger partial charge in [0, 0.05) is 11.6 Å². The van der Waals surface area contributed by atoms with Gasteiger partial charge in [0.15, 0.2) is 6.17 Å². The third kappa shape index (κ3) is 1.61. The van der Waals surface area contributed by atoms with Crippen LogP contribution in [0.4, 0.5) is 5.69 Å². The van der Waals surface area contributed by atoms with Crippen molar-refractivity contribution >= 4 is 23.3 Å². The zero-order valence-corrected chi connectivity index (χ0v) is 12.8. The predicted octanol–water partition coefficient (Wildman–Crippen LogP) is 2.47. The molecular formula is C19H14N2O3. The Hall–Kier alpha value is -2.95. The summed E-state index contributed by atoms with van der Waals surface area (Å²) in [4.78, 5) is 42.3. The maximum Gasteiger partial charge on any atom is 0.261 e. The van der Waals surface area contributed by atoms with Crippen molar-refractivity contribution in [2.45, 2.75) is 25.0 Å². The Morgan fingerprint density at radius 3 is 2.08 bits per heavy atom. The molecule has 2 aromatic rings. The molecule has 1 atom stereocenters. The number of rotatable bonds is 1. The lowest BCUT2D eigenvalue weighted by Gasteiger charge is -2.45. The first-order valence-corrected chi connectivity index (χ1v) is 8.07. The van der Waals surface area contributed by atoms with Gasteiger partial charge in [-0.25, -0.2) is 0 Å². The lowest BCUT2D eigenvalue weighted by molar-refractivity contribution is 0.0539. The Morgan fingerprint density at radius 2 is 1.38 bits per heavy atom. The molecule has 0 N–H and O–H groups in total.